The molecule has 2 fully saturated rings. The third-order valence-corrected chi connectivity index (χ3v) is 7.38. The summed E-state index contributed by atoms with van der Waals surface area (Å²) in [5.41, 5.74) is 4.81. The van der Waals surface area contributed by atoms with E-state index in [1.54, 1.807) is 10.8 Å². The Labute approximate surface area is 207 Å². The highest BCUT2D eigenvalue weighted by Gasteiger charge is 2.44. The van der Waals surface area contributed by atoms with Crippen LogP contribution in [0.4, 0.5) is 11.5 Å². The molecule has 2 saturated heterocycles. The summed E-state index contributed by atoms with van der Waals surface area (Å²) < 4.78 is 9.69. The number of aliphatic hydroxyl groups excluding tert-OH is 1. The summed E-state index contributed by atoms with van der Waals surface area (Å²) in [6, 6.07) is 12.8. The molecule has 2 aliphatic rings. The maximum Gasteiger partial charge on any atom is 0.158 e. The van der Waals surface area contributed by atoms with Crippen LogP contribution in [-0.4, -0.2) is 57.4 Å². The standard InChI is InChI=1S/C26H26N8O2/c1-16-8-18(2-3-23(16)36-22-5-7-33-24(12-22)27-14-29-33)31-26-25-17(4-6-34(25)30-15-28-26)13-32-19-9-20(32)11-21(35)10-19/h2-8,12,14-15,19-21,35H,9-11,13H2,1H3,(H,28,30,31)/t19-,20?,21?/m0/s1. The van der Waals surface area contributed by atoms with Crippen molar-refractivity contribution in [2.24, 2.45) is 0 Å². The Morgan fingerprint density at radius 1 is 0.972 bits per heavy atom. The molecule has 2 unspecified atom stereocenters. The number of aromatic nitrogens is 6. The SMILES string of the molecule is Cc1cc(Nc2ncnn3ccc(CN4C5CC(O)C[C@@H]4C5)c23)ccc1Oc1ccn2ncnc2c1. The zero-order valence-corrected chi connectivity index (χ0v) is 19.8. The van der Waals surface area contributed by atoms with Crippen LogP contribution >= 0.6 is 0 Å². The van der Waals surface area contributed by atoms with Crippen LogP contribution in [-0.2, 0) is 6.54 Å². The fourth-order valence-corrected chi connectivity index (χ4v) is 5.59. The Bertz CT molecular complexity index is 1570. The third-order valence-electron chi connectivity index (χ3n) is 7.38. The topological polar surface area (TPSA) is 105 Å². The summed E-state index contributed by atoms with van der Waals surface area (Å²) in [5.74, 6) is 2.24. The highest BCUT2D eigenvalue weighted by Crippen LogP contribution is 2.40. The number of rotatable bonds is 6. The lowest BCUT2D eigenvalue weighted by molar-refractivity contribution is -0.0861. The Morgan fingerprint density at radius 2 is 1.78 bits per heavy atom. The molecule has 0 amide bonds. The summed E-state index contributed by atoms with van der Waals surface area (Å²) in [6.45, 7) is 2.86. The summed E-state index contributed by atoms with van der Waals surface area (Å²) >= 11 is 0. The van der Waals surface area contributed by atoms with E-state index < -0.39 is 0 Å². The van der Waals surface area contributed by atoms with Crippen LogP contribution in [0, 0.1) is 6.92 Å². The van der Waals surface area contributed by atoms with Crippen LogP contribution in [0.2, 0.25) is 0 Å². The monoisotopic (exact) mass is 482 g/mol. The molecule has 0 saturated carbocycles. The molecule has 7 rings (SSSR count). The highest BCUT2D eigenvalue weighted by molar-refractivity contribution is 5.77. The van der Waals surface area contributed by atoms with Gasteiger partial charge in [-0.2, -0.15) is 10.2 Å². The van der Waals surface area contributed by atoms with Gasteiger partial charge in [-0.3, -0.25) is 4.90 Å². The first-order valence-electron chi connectivity index (χ1n) is 12.2. The normalized spacial score (nSPS) is 21.6. The zero-order chi connectivity index (χ0) is 24.2. The van der Waals surface area contributed by atoms with Gasteiger partial charge in [-0.1, -0.05) is 0 Å². The zero-order valence-electron chi connectivity index (χ0n) is 19.8. The van der Waals surface area contributed by atoms with Crippen molar-refractivity contribution in [3.63, 3.8) is 0 Å². The number of anilines is 2. The van der Waals surface area contributed by atoms with E-state index in [1.165, 1.54) is 18.3 Å². The number of hydrogen-bond acceptors (Lipinski definition) is 8. The second kappa shape index (κ2) is 8.28. The minimum atomic E-state index is -0.155. The molecule has 0 radical (unpaired) electrons. The number of ether oxygens (including phenoxy) is 1. The van der Waals surface area contributed by atoms with Crippen molar-refractivity contribution in [1.29, 1.82) is 0 Å². The van der Waals surface area contributed by atoms with Gasteiger partial charge in [0, 0.05) is 42.8 Å². The molecule has 1 aromatic carbocycles. The van der Waals surface area contributed by atoms with Crippen molar-refractivity contribution < 1.29 is 9.84 Å². The fourth-order valence-electron chi connectivity index (χ4n) is 5.59. The summed E-state index contributed by atoms with van der Waals surface area (Å²) in [6.07, 6.45) is 9.66. The molecule has 0 aliphatic carbocycles. The van der Waals surface area contributed by atoms with Gasteiger partial charge in [-0.15, -0.1) is 0 Å². The molecule has 4 aromatic heterocycles. The Hall–Kier alpha value is -4.02. The number of pyridine rings is 1. The summed E-state index contributed by atoms with van der Waals surface area (Å²) in [4.78, 5) is 11.3. The molecule has 3 atom stereocenters. The number of aryl methyl sites for hydroxylation is 1. The van der Waals surface area contributed by atoms with Crippen LogP contribution in [0.5, 0.6) is 11.5 Å². The molecule has 2 N–H and O–H groups in total. The second-order valence-corrected chi connectivity index (χ2v) is 9.72. The lowest BCUT2D eigenvalue weighted by Gasteiger charge is -2.54. The maximum atomic E-state index is 10.0. The first kappa shape index (κ1) is 21.3. The number of benzene rings is 1. The Kier molecular flexibility index (Phi) is 4.90. The maximum absolute atomic E-state index is 10.0. The third kappa shape index (κ3) is 3.66. The smallest absolute Gasteiger partial charge is 0.158 e. The summed E-state index contributed by atoms with van der Waals surface area (Å²) in [5, 5.41) is 22.0. The van der Waals surface area contributed by atoms with Gasteiger partial charge in [0.25, 0.3) is 0 Å². The van der Waals surface area contributed by atoms with Gasteiger partial charge in [0.05, 0.1) is 6.10 Å². The fraction of sp³-hybridized carbons (Fsp3) is 0.308. The van der Waals surface area contributed by atoms with E-state index in [0.29, 0.717) is 17.8 Å². The van der Waals surface area contributed by atoms with E-state index in [-0.39, 0.29) is 6.10 Å². The van der Waals surface area contributed by atoms with Gasteiger partial charge in [0.1, 0.15) is 29.7 Å². The Morgan fingerprint density at radius 3 is 2.64 bits per heavy atom. The van der Waals surface area contributed by atoms with Gasteiger partial charge < -0.3 is 15.2 Å². The average molecular weight is 483 g/mol. The lowest BCUT2D eigenvalue weighted by atomic mass is 9.78. The van der Waals surface area contributed by atoms with Crippen molar-refractivity contribution in [3.8, 4) is 11.5 Å². The molecule has 10 heteroatoms. The average Bonchev–Trinajstić information content (AvgIpc) is 3.51. The van der Waals surface area contributed by atoms with E-state index in [0.717, 1.165) is 53.4 Å². The molecule has 2 bridgehead atoms. The number of nitrogens with one attached hydrogen (secondary N) is 1. The number of piperidine rings is 1. The lowest BCUT2D eigenvalue weighted by Crippen LogP contribution is -2.61. The van der Waals surface area contributed by atoms with Crippen molar-refractivity contribution in [2.45, 2.75) is 50.9 Å². The van der Waals surface area contributed by atoms with E-state index in [1.807, 2.05) is 54.2 Å². The van der Waals surface area contributed by atoms with Crippen LogP contribution in [0.25, 0.3) is 11.2 Å². The predicted octanol–water partition coefficient (Wildman–Crippen LogP) is 3.71. The van der Waals surface area contributed by atoms with Gasteiger partial charge in [-0.05, 0) is 67.6 Å². The molecule has 5 aromatic rings. The van der Waals surface area contributed by atoms with Gasteiger partial charge in [0.15, 0.2) is 11.5 Å². The second-order valence-electron chi connectivity index (χ2n) is 9.72. The van der Waals surface area contributed by atoms with Crippen LogP contribution in [0.15, 0.2) is 61.4 Å². The van der Waals surface area contributed by atoms with E-state index in [2.05, 4.69) is 36.4 Å². The van der Waals surface area contributed by atoms with Crippen molar-refractivity contribution in [3.05, 3.63) is 72.6 Å². The molecular formula is C26H26N8O2. The molecule has 182 valence electrons. The molecule has 0 spiro atoms. The van der Waals surface area contributed by atoms with Crippen molar-refractivity contribution in [2.75, 3.05) is 5.32 Å². The van der Waals surface area contributed by atoms with Gasteiger partial charge in [-0.25, -0.2) is 19.0 Å². The highest BCUT2D eigenvalue weighted by atomic mass is 16.5. The Balaban J connectivity index is 1.12. The van der Waals surface area contributed by atoms with Crippen LogP contribution in [0.1, 0.15) is 30.4 Å². The largest absolute Gasteiger partial charge is 0.457 e. The summed E-state index contributed by atoms with van der Waals surface area (Å²) in [7, 11) is 0. The molecular weight excluding hydrogens is 456 g/mol. The first-order valence-corrected chi connectivity index (χ1v) is 12.2. The minimum absolute atomic E-state index is 0.155. The van der Waals surface area contributed by atoms with E-state index in [4.69, 9.17) is 4.74 Å². The molecule has 10 nitrogen and oxygen atoms in total. The van der Waals surface area contributed by atoms with Crippen molar-refractivity contribution in [1.82, 2.24) is 34.1 Å². The van der Waals surface area contributed by atoms with Gasteiger partial charge >= 0.3 is 0 Å². The number of hydrogen-bond donors (Lipinski definition) is 2. The molecule has 6 heterocycles. The van der Waals surface area contributed by atoms with Gasteiger partial charge in [0.2, 0.25) is 0 Å². The van der Waals surface area contributed by atoms with E-state index >= 15 is 0 Å². The van der Waals surface area contributed by atoms with E-state index in [9.17, 15) is 5.11 Å². The van der Waals surface area contributed by atoms with Crippen LogP contribution < -0.4 is 10.1 Å². The first-order chi connectivity index (χ1) is 17.6. The minimum Gasteiger partial charge on any atom is -0.457 e. The quantitative estimate of drug-likeness (QED) is 0.377. The molecule has 36 heavy (non-hydrogen) atoms. The number of aliphatic hydroxyl groups is 1. The predicted molar refractivity (Wildman–Crippen MR) is 133 cm³/mol. The number of nitrogens with zero attached hydrogens (tertiary/aromatic N) is 7. The number of fused-ring (bicyclic) bond motifs is 4. The van der Waals surface area contributed by atoms with Crippen LogP contribution in [0.3, 0.4) is 0 Å². The molecule has 2 aliphatic heterocycles. The van der Waals surface area contributed by atoms with Crippen molar-refractivity contribution >= 4 is 22.7 Å².